The number of aromatic nitrogens is 1. The second kappa shape index (κ2) is 6.24. The minimum absolute atomic E-state index is 0.00625. The van der Waals surface area contributed by atoms with Gasteiger partial charge in [0, 0.05) is 35.8 Å². The zero-order valence-corrected chi connectivity index (χ0v) is 17.1. The van der Waals surface area contributed by atoms with Crippen LogP contribution in [-0.2, 0) is 9.84 Å². The molecule has 3 heterocycles. The van der Waals surface area contributed by atoms with E-state index in [9.17, 15) is 13.2 Å². The molecular formula is C19H18ClN3O5S. The van der Waals surface area contributed by atoms with E-state index in [0.717, 1.165) is 37.7 Å². The molecule has 8 nitrogen and oxygen atoms in total. The summed E-state index contributed by atoms with van der Waals surface area (Å²) in [6, 6.07) is 8.66. The van der Waals surface area contributed by atoms with Crippen molar-refractivity contribution in [2.24, 2.45) is 5.41 Å². The van der Waals surface area contributed by atoms with E-state index in [1.807, 2.05) is 6.07 Å². The van der Waals surface area contributed by atoms with Gasteiger partial charge >= 0.3 is 0 Å². The average Bonchev–Trinajstić information content (AvgIpc) is 3.21. The van der Waals surface area contributed by atoms with Gasteiger partial charge in [-0.25, -0.2) is 8.42 Å². The molecule has 0 unspecified atom stereocenters. The SMILES string of the molecule is CS(=O)(=O)c1ccc(C(=O)NC2CC3(C2)CN(c2nc4cc(Cl)ccc4o2)C3)o1. The quantitative estimate of drug-likeness (QED) is 0.671. The van der Waals surface area contributed by atoms with Crippen molar-refractivity contribution in [1.29, 1.82) is 0 Å². The van der Waals surface area contributed by atoms with E-state index in [1.165, 1.54) is 12.1 Å². The lowest BCUT2D eigenvalue weighted by molar-refractivity contribution is 0.0403. The van der Waals surface area contributed by atoms with Crippen LogP contribution in [0.2, 0.25) is 5.02 Å². The molecular weight excluding hydrogens is 418 g/mol. The number of carbonyl (C=O) groups excluding carboxylic acids is 1. The highest BCUT2D eigenvalue weighted by Gasteiger charge is 2.54. The number of rotatable bonds is 4. The number of hydrogen-bond donors (Lipinski definition) is 1. The largest absolute Gasteiger partial charge is 0.440 e. The van der Waals surface area contributed by atoms with Gasteiger partial charge in [0.25, 0.3) is 11.9 Å². The zero-order chi connectivity index (χ0) is 20.4. The number of hydrogen-bond acceptors (Lipinski definition) is 7. The summed E-state index contributed by atoms with van der Waals surface area (Å²) >= 11 is 5.99. The van der Waals surface area contributed by atoms with E-state index in [1.54, 1.807) is 12.1 Å². The van der Waals surface area contributed by atoms with E-state index in [-0.39, 0.29) is 22.3 Å². The summed E-state index contributed by atoms with van der Waals surface area (Å²) in [6.45, 7) is 1.64. The van der Waals surface area contributed by atoms with Gasteiger partial charge < -0.3 is 19.1 Å². The summed E-state index contributed by atoms with van der Waals surface area (Å²) in [5.74, 6) is -0.390. The van der Waals surface area contributed by atoms with Crippen LogP contribution in [0.5, 0.6) is 0 Å². The molecule has 152 valence electrons. The highest BCUT2D eigenvalue weighted by molar-refractivity contribution is 7.90. The van der Waals surface area contributed by atoms with Gasteiger partial charge in [-0.3, -0.25) is 4.79 Å². The number of furan rings is 1. The number of oxazole rings is 1. The van der Waals surface area contributed by atoms with Crippen LogP contribution in [0.1, 0.15) is 23.4 Å². The Labute approximate surface area is 171 Å². The maximum atomic E-state index is 12.3. The van der Waals surface area contributed by atoms with Crippen LogP contribution in [0, 0.1) is 5.41 Å². The molecule has 2 aliphatic rings. The van der Waals surface area contributed by atoms with Gasteiger partial charge in [0.1, 0.15) is 5.52 Å². The van der Waals surface area contributed by atoms with Gasteiger partial charge in [-0.1, -0.05) is 11.6 Å². The molecule has 10 heteroatoms. The Balaban J connectivity index is 1.16. The number of halogens is 1. The zero-order valence-electron chi connectivity index (χ0n) is 15.5. The molecule has 1 saturated heterocycles. The van der Waals surface area contributed by atoms with E-state index in [0.29, 0.717) is 16.6 Å². The van der Waals surface area contributed by atoms with E-state index in [2.05, 4.69) is 15.2 Å². The first-order chi connectivity index (χ1) is 13.7. The van der Waals surface area contributed by atoms with Crippen molar-refractivity contribution in [3.8, 4) is 0 Å². The maximum Gasteiger partial charge on any atom is 0.298 e. The first-order valence-electron chi connectivity index (χ1n) is 9.13. The number of anilines is 1. The van der Waals surface area contributed by atoms with Crippen molar-refractivity contribution in [1.82, 2.24) is 10.3 Å². The Morgan fingerprint density at radius 1 is 1.24 bits per heavy atom. The van der Waals surface area contributed by atoms with Crippen LogP contribution < -0.4 is 10.2 Å². The van der Waals surface area contributed by atoms with E-state index < -0.39 is 15.7 Å². The summed E-state index contributed by atoms with van der Waals surface area (Å²) in [5.41, 5.74) is 1.59. The third-order valence-electron chi connectivity index (χ3n) is 5.53. The predicted molar refractivity (Wildman–Crippen MR) is 106 cm³/mol. The van der Waals surface area contributed by atoms with Gasteiger partial charge in [-0.2, -0.15) is 4.98 Å². The molecule has 1 aliphatic carbocycles. The lowest BCUT2D eigenvalue weighted by Crippen LogP contribution is -2.66. The van der Waals surface area contributed by atoms with Gasteiger partial charge in [0.05, 0.1) is 0 Å². The van der Waals surface area contributed by atoms with Crippen LogP contribution in [0.25, 0.3) is 11.1 Å². The Morgan fingerprint density at radius 3 is 2.69 bits per heavy atom. The molecule has 3 aromatic rings. The molecule has 2 aromatic heterocycles. The number of nitrogens with one attached hydrogen (secondary N) is 1. The van der Waals surface area contributed by atoms with E-state index in [4.69, 9.17) is 20.4 Å². The van der Waals surface area contributed by atoms with Crippen molar-refractivity contribution >= 4 is 44.5 Å². The third kappa shape index (κ3) is 3.28. The molecule has 1 N–H and O–H groups in total. The summed E-state index contributed by atoms with van der Waals surface area (Å²) < 4.78 is 33.9. The standard InChI is InChI=1S/C19H18ClN3O5S/c1-29(25,26)16-5-4-15(27-16)17(24)21-12-7-19(8-12)9-23(10-19)18-22-13-6-11(20)2-3-14(13)28-18/h2-6,12H,7-10H2,1H3,(H,21,24). The number of fused-ring (bicyclic) bond motifs is 1. The minimum Gasteiger partial charge on any atom is -0.440 e. The fraction of sp³-hybridized carbons (Fsp3) is 0.368. The number of sulfone groups is 1. The molecule has 1 spiro atoms. The number of amides is 1. The van der Waals surface area contributed by atoms with Crippen molar-refractivity contribution < 1.29 is 22.0 Å². The smallest absolute Gasteiger partial charge is 0.298 e. The Kier molecular flexibility index (Phi) is 3.98. The van der Waals surface area contributed by atoms with Crippen molar-refractivity contribution in [2.75, 3.05) is 24.2 Å². The molecule has 0 radical (unpaired) electrons. The van der Waals surface area contributed by atoms with Crippen molar-refractivity contribution in [2.45, 2.75) is 24.0 Å². The molecule has 29 heavy (non-hydrogen) atoms. The summed E-state index contributed by atoms with van der Waals surface area (Å²) in [6.07, 6.45) is 2.74. The monoisotopic (exact) mass is 435 g/mol. The molecule has 2 fully saturated rings. The lowest BCUT2D eigenvalue weighted by Gasteiger charge is -2.58. The fourth-order valence-corrected chi connectivity index (χ4v) is 4.89. The van der Waals surface area contributed by atoms with Crippen LogP contribution in [0.15, 0.2) is 44.3 Å². The highest BCUT2D eigenvalue weighted by Crippen LogP contribution is 2.49. The molecule has 0 atom stereocenters. The second-order valence-corrected chi connectivity index (χ2v) is 10.3. The summed E-state index contributed by atoms with van der Waals surface area (Å²) in [5, 5.41) is 3.32. The maximum absolute atomic E-state index is 12.3. The Hall–Kier alpha value is -2.52. The second-order valence-electron chi connectivity index (χ2n) is 7.93. The average molecular weight is 436 g/mol. The minimum atomic E-state index is -3.47. The summed E-state index contributed by atoms with van der Waals surface area (Å²) in [7, 11) is -3.47. The van der Waals surface area contributed by atoms with Crippen molar-refractivity contribution in [3.63, 3.8) is 0 Å². The molecule has 1 aromatic carbocycles. The molecule has 1 aliphatic heterocycles. The van der Waals surface area contributed by atoms with Crippen LogP contribution in [0.4, 0.5) is 6.01 Å². The molecule has 1 saturated carbocycles. The first-order valence-corrected chi connectivity index (χ1v) is 11.4. The lowest BCUT2D eigenvalue weighted by atomic mass is 9.61. The Morgan fingerprint density at radius 2 is 2.00 bits per heavy atom. The number of benzene rings is 1. The fourth-order valence-electron chi connectivity index (χ4n) is 4.17. The van der Waals surface area contributed by atoms with Crippen LogP contribution in [0.3, 0.4) is 0 Å². The normalized spacial score (nSPS) is 18.6. The van der Waals surface area contributed by atoms with Gasteiger partial charge in [-0.15, -0.1) is 0 Å². The van der Waals surface area contributed by atoms with Crippen molar-refractivity contribution in [3.05, 3.63) is 41.1 Å². The van der Waals surface area contributed by atoms with Gasteiger partial charge in [-0.05, 0) is 43.2 Å². The van der Waals surface area contributed by atoms with Crippen LogP contribution in [-0.4, -0.2) is 44.7 Å². The number of carbonyl (C=O) groups is 1. The first kappa shape index (κ1) is 18.5. The highest BCUT2D eigenvalue weighted by atomic mass is 35.5. The molecule has 0 bridgehead atoms. The predicted octanol–water partition coefficient (Wildman–Crippen LogP) is 2.88. The topological polar surface area (TPSA) is 106 Å². The summed E-state index contributed by atoms with van der Waals surface area (Å²) in [4.78, 5) is 18.8. The Bertz CT molecular complexity index is 1220. The molecule has 1 amide bonds. The third-order valence-corrected chi connectivity index (χ3v) is 6.71. The van der Waals surface area contributed by atoms with E-state index >= 15 is 0 Å². The van der Waals surface area contributed by atoms with Gasteiger partial charge in [0.15, 0.2) is 11.3 Å². The molecule has 5 rings (SSSR count). The van der Waals surface area contributed by atoms with Crippen LogP contribution >= 0.6 is 11.6 Å². The number of nitrogens with zero attached hydrogens (tertiary/aromatic N) is 2. The van der Waals surface area contributed by atoms with Gasteiger partial charge in [0.2, 0.25) is 14.9 Å².